The number of rotatable bonds is 7. The van der Waals surface area contributed by atoms with Gasteiger partial charge in [-0.15, -0.1) is 0 Å². The van der Waals surface area contributed by atoms with Gasteiger partial charge in [0.1, 0.15) is 4.99 Å². The van der Waals surface area contributed by atoms with Crippen molar-refractivity contribution in [2.24, 2.45) is 11.5 Å². The third-order valence-electron chi connectivity index (χ3n) is 2.57. The first-order valence-corrected chi connectivity index (χ1v) is 6.38. The number of benzene rings is 1. The zero-order chi connectivity index (χ0) is 14.3. The van der Waals surface area contributed by atoms with E-state index in [1.807, 2.05) is 0 Å². The molecule has 0 spiro atoms. The molecule has 5 nitrogen and oxygen atoms in total. The highest BCUT2D eigenvalue weighted by molar-refractivity contribution is 7.80. The summed E-state index contributed by atoms with van der Waals surface area (Å²) in [5.74, 6) is -0.478. The molecule has 1 aromatic carbocycles. The Bertz CT molecular complexity index is 471. The predicted octanol–water partition coefficient (Wildman–Crippen LogP) is 0.706. The van der Waals surface area contributed by atoms with Gasteiger partial charge < -0.3 is 16.8 Å². The van der Waals surface area contributed by atoms with Crippen molar-refractivity contribution in [2.45, 2.75) is 19.3 Å². The Hall–Kier alpha value is -1.95. The minimum atomic E-state index is -0.320. The summed E-state index contributed by atoms with van der Waals surface area (Å²) >= 11 is 4.83. The molecule has 0 aliphatic rings. The summed E-state index contributed by atoms with van der Waals surface area (Å²) in [6, 6.07) is 6.77. The van der Waals surface area contributed by atoms with E-state index < -0.39 is 0 Å². The van der Waals surface area contributed by atoms with Gasteiger partial charge in [0.2, 0.25) is 5.91 Å². The van der Waals surface area contributed by atoms with Gasteiger partial charge in [-0.25, -0.2) is 0 Å². The highest BCUT2D eigenvalue weighted by Crippen LogP contribution is 2.04. The van der Waals surface area contributed by atoms with Gasteiger partial charge in [-0.05, 0) is 25.0 Å². The van der Waals surface area contributed by atoms with Gasteiger partial charge in [0.15, 0.2) is 0 Å². The molecule has 0 unspecified atom stereocenters. The summed E-state index contributed by atoms with van der Waals surface area (Å²) in [7, 11) is 0. The van der Waals surface area contributed by atoms with E-state index >= 15 is 0 Å². The first-order valence-electron chi connectivity index (χ1n) is 5.97. The molecule has 0 bridgehead atoms. The van der Waals surface area contributed by atoms with Gasteiger partial charge in [0.25, 0.3) is 5.91 Å². The number of carbonyl (C=O) groups is 2. The van der Waals surface area contributed by atoms with E-state index in [0.29, 0.717) is 29.9 Å². The van der Waals surface area contributed by atoms with Crippen LogP contribution in [0.5, 0.6) is 0 Å². The van der Waals surface area contributed by atoms with E-state index in [-0.39, 0.29) is 11.8 Å². The van der Waals surface area contributed by atoms with Gasteiger partial charge in [-0.2, -0.15) is 0 Å². The van der Waals surface area contributed by atoms with E-state index in [1.54, 1.807) is 24.3 Å². The van der Waals surface area contributed by atoms with Crippen LogP contribution in [0, 0.1) is 0 Å². The van der Waals surface area contributed by atoms with Crippen molar-refractivity contribution in [3.05, 3.63) is 35.4 Å². The fourth-order valence-corrected chi connectivity index (χ4v) is 1.65. The lowest BCUT2D eigenvalue weighted by Gasteiger charge is -2.05. The van der Waals surface area contributed by atoms with Crippen LogP contribution < -0.4 is 16.8 Å². The van der Waals surface area contributed by atoms with Crippen molar-refractivity contribution in [1.29, 1.82) is 0 Å². The molecule has 0 aromatic heterocycles. The number of unbranched alkanes of at least 4 members (excludes halogenated alkanes) is 1. The number of hydrogen-bond acceptors (Lipinski definition) is 3. The van der Waals surface area contributed by atoms with Crippen molar-refractivity contribution < 1.29 is 9.59 Å². The summed E-state index contributed by atoms with van der Waals surface area (Å²) in [5.41, 5.74) is 11.8. The summed E-state index contributed by atoms with van der Waals surface area (Å²) < 4.78 is 0. The molecular formula is C13H17N3O2S. The minimum absolute atomic E-state index is 0.159. The van der Waals surface area contributed by atoms with Crippen LogP contribution in [0.1, 0.15) is 35.2 Å². The SMILES string of the molecule is NC(=O)CCCCNC(=O)c1ccc(C(N)=S)cc1. The number of thiocarbonyl (C=S) groups is 1. The molecule has 1 rings (SSSR count). The summed E-state index contributed by atoms with van der Waals surface area (Å²) in [4.78, 5) is 22.6. The molecule has 0 saturated carbocycles. The Morgan fingerprint density at radius 3 is 2.16 bits per heavy atom. The molecule has 102 valence electrons. The van der Waals surface area contributed by atoms with Crippen LogP contribution in [-0.4, -0.2) is 23.3 Å². The standard InChI is InChI=1S/C13H17N3O2S/c14-11(17)3-1-2-8-16-13(18)10-6-4-9(5-7-10)12(15)19/h4-7H,1-3,8H2,(H2,14,17)(H2,15,19)(H,16,18). The Kier molecular flexibility index (Phi) is 5.95. The number of hydrogen-bond donors (Lipinski definition) is 3. The van der Waals surface area contributed by atoms with Gasteiger partial charge >= 0.3 is 0 Å². The molecule has 19 heavy (non-hydrogen) atoms. The molecule has 0 saturated heterocycles. The fourth-order valence-electron chi connectivity index (χ4n) is 1.51. The Morgan fingerprint density at radius 1 is 1.05 bits per heavy atom. The Labute approximate surface area is 117 Å². The first-order chi connectivity index (χ1) is 9.00. The molecule has 1 aromatic rings. The van der Waals surface area contributed by atoms with E-state index in [9.17, 15) is 9.59 Å². The van der Waals surface area contributed by atoms with Crippen molar-refractivity contribution in [3.63, 3.8) is 0 Å². The lowest BCUT2D eigenvalue weighted by molar-refractivity contribution is -0.118. The lowest BCUT2D eigenvalue weighted by Crippen LogP contribution is -2.24. The van der Waals surface area contributed by atoms with Crippen molar-refractivity contribution >= 4 is 29.0 Å². The number of carbonyl (C=O) groups excluding carboxylic acids is 2. The van der Waals surface area contributed by atoms with Gasteiger partial charge in [-0.3, -0.25) is 9.59 Å². The lowest BCUT2D eigenvalue weighted by atomic mass is 10.1. The van der Waals surface area contributed by atoms with Crippen LogP contribution in [0.3, 0.4) is 0 Å². The second-order valence-electron chi connectivity index (χ2n) is 4.12. The normalized spacial score (nSPS) is 9.89. The van der Waals surface area contributed by atoms with Crippen LogP contribution in [0.2, 0.25) is 0 Å². The molecule has 0 aliphatic carbocycles. The van der Waals surface area contributed by atoms with Crippen LogP contribution in [0.4, 0.5) is 0 Å². The molecule has 0 atom stereocenters. The van der Waals surface area contributed by atoms with Crippen LogP contribution in [-0.2, 0) is 4.79 Å². The van der Waals surface area contributed by atoms with E-state index in [1.165, 1.54) is 0 Å². The number of nitrogens with two attached hydrogens (primary N) is 2. The molecule has 0 heterocycles. The maximum Gasteiger partial charge on any atom is 0.251 e. The second kappa shape index (κ2) is 7.48. The topological polar surface area (TPSA) is 98.2 Å². The van der Waals surface area contributed by atoms with E-state index in [4.69, 9.17) is 23.7 Å². The molecule has 0 radical (unpaired) electrons. The van der Waals surface area contributed by atoms with Crippen molar-refractivity contribution in [3.8, 4) is 0 Å². The second-order valence-corrected chi connectivity index (χ2v) is 4.56. The van der Waals surface area contributed by atoms with Gasteiger partial charge in [0.05, 0.1) is 0 Å². The molecule has 6 heteroatoms. The van der Waals surface area contributed by atoms with E-state index in [2.05, 4.69) is 5.32 Å². The third kappa shape index (κ3) is 5.48. The number of primary amides is 1. The predicted molar refractivity (Wildman–Crippen MR) is 77.7 cm³/mol. The average Bonchev–Trinajstić information content (AvgIpc) is 2.37. The van der Waals surface area contributed by atoms with Crippen molar-refractivity contribution in [1.82, 2.24) is 5.32 Å². The van der Waals surface area contributed by atoms with Crippen LogP contribution in [0.25, 0.3) is 0 Å². The van der Waals surface area contributed by atoms with Gasteiger partial charge in [-0.1, -0.05) is 24.4 Å². The molecule has 2 amide bonds. The highest BCUT2D eigenvalue weighted by atomic mass is 32.1. The molecule has 0 aliphatic heterocycles. The van der Waals surface area contributed by atoms with Crippen LogP contribution in [0.15, 0.2) is 24.3 Å². The largest absolute Gasteiger partial charge is 0.389 e. The zero-order valence-corrected chi connectivity index (χ0v) is 11.3. The van der Waals surface area contributed by atoms with Gasteiger partial charge in [0, 0.05) is 24.1 Å². The summed E-state index contributed by atoms with van der Waals surface area (Å²) in [6.07, 6.45) is 1.74. The number of nitrogens with one attached hydrogen (secondary N) is 1. The highest BCUT2D eigenvalue weighted by Gasteiger charge is 2.05. The smallest absolute Gasteiger partial charge is 0.251 e. The maximum atomic E-state index is 11.8. The summed E-state index contributed by atoms with van der Waals surface area (Å²) in [6.45, 7) is 0.517. The average molecular weight is 279 g/mol. The maximum absolute atomic E-state index is 11.8. The fraction of sp³-hybridized carbons (Fsp3) is 0.308. The minimum Gasteiger partial charge on any atom is -0.389 e. The first kappa shape index (κ1) is 15.1. The Morgan fingerprint density at radius 2 is 1.63 bits per heavy atom. The molecule has 0 fully saturated rings. The van der Waals surface area contributed by atoms with Crippen molar-refractivity contribution in [2.75, 3.05) is 6.54 Å². The molecule has 5 N–H and O–H groups in total. The zero-order valence-electron chi connectivity index (χ0n) is 10.5. The Balaban J connectivity index is 2.37. The monoisotopic (exact) mass is 279 g/mol. The quantitative estimate of drug-likeness (QED) is 0.505. The van der Waals surface area contributed by atoms with E-state index in [0.717, 1.165) is 12.0 Å². The number of amides is 2. The third-order valence-corrected chi connectivity index (χ3v) is 2.80. The van der Waals surface area contributed by atoms with Crippen LogP contribution >= 0.6 is 12.2 Å². The molecular weight excluding hydrogens is 262 g/mol. The summed E-state index contributed by atoms with van der Waals surface area (Å²) in [5, 5.41) is 2.77.